The van der Waals surface area contributed by atoms with Gasteiger partial charge in [0, 0.05) is 16.6 Å². The fourth-order valence-corrected chi connectivity index (χ4v) is 4.78. The molecule has 5 nitrogen and oxygen atoms in total. The Hall–Kier alpha value is -2.20. The summed E-state index contributed by atoms with van der Waals surface area (Å²) in [5.74, 6) is -0.251. The zero-order valence-electron chi connectivity index (χ0n) is 14.0. The van der Waals surface area contributed by atoms with E-state index in [4.69, 9.17) is 0 Å². The zero-order valence-corrected chi connectivity index (χ0v) is 15.6. The first-order valence-corrected chi connectivity index (χ1v) is 10.2. The minimum Gasteiger partial charge on any atom is -0.325 e. The molecule has 144 valence electrons. The molecule has 0 bridgehead atoms. The van der Waals surface area contributed by atoms with Gasteiger partial charge in [-0.25, -0.2) is 8.42 Å². The van der Waals surface area contributed by atoms with Crippen LogP contribution in [0.1, 0.15) is 18.9 Å². The van der Waals surface area contributed by atoms with Crippen molar-refractivity contribution in [3.05, 3.63) is 48.0 Å². The summed E-state index contributed by atoms with van der Waals surface area (Å²) in [6.07, 6.45) is -4.42. The van der Waals surface area contributed by atoms with Gasteiger partial charge in [0.25, 0.3) is 10.0 Å². The Balaban J connectivity index is 1.97. The SMILES string of the molecule is CC1CC(=O)Nc2cc(S(=O)(=O)Nc3ccccc3C(F)(F)F)ccc2S1. The number of amides is 1. The molecule has 0 aromatic heterocycles. The molecule has 1 aliphatic heterocycles. The largest absolute Gasteiger partial charge is 0.418 e. The van der Waals surface area contributed by atoms with Gasteiger partial charge >= 0.3 is 6.18 Å². The first-order chi connectivity index (χ1) is 12.6. The minimum atomic E-state index is -4.70. The van der Waals surface area contributed by atoms with Crippen molar-refractivity contribution in [2.24, 2.45) is 0 Å². The monoisotopic (exact) mass is 416 g/mol. The van der Waals surface area contributed by atoms with Gasteiger partial charge in [0.05, 0.1) is 21.8 Å². The number of para-hydroxylation sites is 1. The van der Waals surface area contributed by atoms with Crippen molar-refractivity contribution in [3.63, 3.8) is 0 Å². The van der Waals surface area contributed by atoms with Crippen LogP contribution < -0.4 is 10.0 Å². The van der Waals surface area contributed by atoms with E-state index in [1.165, 1.54) is 42.1 Å². The van der Waals surface area contributed by atoms with Gasteiger partial charge in [-0.15, -0.1) is 11.8 Å². The topological polar surface area (TPSA) is 75.3 Å². The molecule has 0 spiro atoms. The number of nitrogens with one attached hydrogen (secondary N) is 2. The summed E-state index contributed by atoms with van der Waals surface area (Å²) < 4.78 is 66.5. The molecule has 2 N–H and O–H groups in total. The third-order valence-electron chi connectivity index (χ3n) is 3.81. The highest BCUT2D eigenvalue weighted by atomic mass is 32.2. The summed E-state index contributed by atoms with van der Waals surface area (Å²) in [7, 11) is -4.28. The second-order valence-corrected chi connectivity index (χ2v) is 9.15. The quantitative estimate of drug-likeness (QED) is 0.781. The Labute approximate surface area is 158 Å². The zero-order chi connectivity index (χ0) is 19.8. The Kier molecular flexibility index (Phi) is 5.13. The van der Waals surface area contributed by atoms with Gasteiger partial charge in [0.2, 0.25) is 5.91 Å². The van der Waals surface area contributed by atoms with Crippen LogP contribution in [0.25, 0.3) is 0 Å². The van der Waals surface area contributed by atoms with E-state index in [0.717, 1.165) is 12.1 Å². The highest BCUT2D eigenvalue weighted by Crippen LogP contribution is 2.38. The van der Waals surface area contributed by atoms with Crippen LogP contribution in [0.15, 0.2) is 52.3 Å². The summed E-state index contributed by atoms with van der Waals surface area (Å²) in [5, 5.41) is 2.65. The number of benzene rings is 2. The summed E-state index contributed by atoms with van der Waals surface area (Å²) in [6, 6.07) is 8.41. The van der Waals surface area contributed by atoms with Crippen molar-refractivity contribution >= 4 is 39.1 Å². The molecule has 0 saturated heterocycles. The lowest BCUT2D eigenvalue weighted by Crippen LogP contribution is -2.18. The van der Waals surface area contributed by atoms with E-state index >= 15 is 0 Å². The Morgan fingerprint density at radius 2 is 1.89 bits per heavy atom. The summed E-state index contributed by atoms with van der Waals surface area (Å²) in [5.41, 5.74) is -1.32. The van der Waals surface area contributed by atoms with Crippen LogP contribution in [0.4, 0.5) is 24.5 Å². The molecule has 0 fully saturated rings. The third-order valence-corrected chi connectivity index (χ3v) is 6.36. The van der Waals surface area contributed by atoms with Crippen molar-refractivity contribution < 1.29 is 26.4 Å². The van der Waals surface area contributed by atoms with E-state index in [1.807, 2.05) is 11.6 Å². The van der Waals surface area contributed by atoms with Crippen molar-refractivity contribution in [2.45, 2.75) is 34.6 Å². The molecule has 10 heteroatoms. The fourth-order valence-electron chi connectivity index (χ4n) is 2.62. The lowest BCUT2D eigenvalue weighted by Gasteiger charge is -2.15. The lowest BCUT2D eigenvalue weighted by atomic mass is 10.2. The average molecular weight is 416 g/mol. The fraction of sp³-hybridized carbons (Fsp3) is 0.235. The van der Waals surface area contributed by atoms with Gasteiger partial charge in [0.1, 0.15) is 0 Å². The maximum absolute atomic E-state index is 13.1. The first kappa shape index (κ1) is 19.6. The lowest BCUT2D eigenvalue weighted by molar-refractivity contribution is -0.136. The second-order valence-electron chi connectivity index (χ2n) is 5.99. The molecule has 1 heterocycles. The van der Waals surface area contributed by atoms with Gasteiger partial charge in [0.15, 0.2) is 0 Å². The number of halogens is 3. The molecule has 2 aromatic rings. The van der Waals surface area contributed by atoms with Gasteiger partial charge in [-0.3, -0.25) is 9.52 Å². The van der Waals surface area contributed by atoms with E-state index in [0.29, 0.717) is 10.6 Å². The van der Waals surface area contributed by atoms with Gasteiger partial charge in [-0.05, 0) is 30.3 Å². The number of alkyl halides is 3. The van der Waals surface area contributed by atoms with Crippen LogP contribution in [0.5, 0.6) is 0 Å². The molecule has 3 rings (SSSR count). The highest BCUT2D eigenvalue weighted by molar-refractivity contribution is 8.00. The van der Waals surface area contributed by atoms with Crippen LogP contribution in [-0.4, -0.2) is 19.6 Å². The first-order valence-electron chi connectivity index (χ1n) is 7.86. The van der Waals surface area contributed by atoms with Crippen molar-refractivity contribution in [1.82, 2.24) is 0 Å². The van der Waals surface area contributed by atoms with Crippen LogP contribution >= 0.6 is 11.8 Å². The van der Waals surface area contributed by atoms with Crippen LogP contribution in [0, 0.1) is 0 Å². The maximum atomic E-state index is 13.1. The molecule has 1 aliphatic rings. The van der Waals surface area contributed by atoms with E-state index in [1.54, 1.807) is 0 Å². The summed E-state index contributed by atoms with van der Waals surface area (Å²) in [6.45, 7) is 1.87. The van der Waals surface area contributed by atoms with E-state index in [9.17, 15) is 26.4 Å². The van der Waals surface area contributed by atoms with Crippen LogP contribution in [0.2, 0.25) is 0 Å². The van der Waals surface area contributed by atoms with Gasteiger partial charge in [-0.1, -0.05) is 19.1 Å². The van der Waals surface area contributed by atoms with Crippen molar-refractivity contribution in [2.75, 3.05) is 10.0 Å². The molecule has 1 unspecified atom stereocenters. The normalized spacial score (nSPS) is 17.6. The Morgan fingerprint density at radius 1 is 1.19 bits per heavy atom. The average Bonchev–Trinajstić information content (AvgIpc) is 2.69. The van der Waals surface area contributed by atoms with Crippen molar-refractivity contribution in [1.29, 1.82) is 0 Å². The molecular weight excluding hydrogens is 401 g/mol. The van der Waals surface area contributed by atoms with Gasteiger partial charge < -0.3 is 5.32 Å². The van der Waals surface area contributed by atoms with Crippen molar-refractivity contribution in [3.8, 4) is 0 Å². The number of carbonyl (C=O) groups is 1. The van der Waals surface area contributed by atoms with E-state index in [-0.39, 0.29) is 22.5 Å². The number of anilines is 2. The predicted molar refractivity (Wildman–Crippen MR) is 97.3 cm³/mol. The minimum absolute atomic E-state index is 0.0190. The number of hydrogen-bond acceptors (Lipinski definition) is 4. The van der Waals surface area contributed by atoms with Crippen LogP contribution in [0.3, 0.4) is 0 Å². The van der Waals surface area contributed by atoms with Crippen LogP contribution in [-0.2, 0) is 21.0 Å². The molecule has 1 amide bonds. The molecule has 0 saturated carbocycles. The molecule has 0 radical (unpaired) electrons. The molecule has 0 aliphatic carbocycles. The molecule has 1 atom stereocenters. The smallest absolute Gasteiger partial charge is 0.325 e. The Morgan fingerprint density at radius 3 is 2.59 bits per heavy atom. The number of hydrogen-bond donors (Lipinski definition) is 2. The number of thioether (sulfide) groups is 1. The Bertz CT molecular complexity index is 991. The second kappa shape index (κ2) is 7.08. The van der Waals surface area contributed by atoms with Gasteiger partial charge in [-0.2, -0.15) is 13.2 Å². The number of sulfonamides is 1. The van der Waals surface area contributed by atoms with E-state index in [2.05, 4.69) is 5.32 Å². The number of carbonyl (C=O) groups excluding carboxylic acids is 1. The number of fused-ring (bicyclic) bond motifs is 1. The third kappa shape index (κ3) is 4.38. The molecule has 2 aromatic carbocycles. The van der Waals surface area contributed by atoms with E-state index < -0.39 is 27.5 Å². The predicted octanol–water partition coefficient (Wildman–Crippen LogP) is 4.33. The highest BCUT2D eigenvalue weighted by Gasteiger charge is 2.34. The number of rotatable bonds is 3. The molecule has 27 heavy (non-hydrogen) atoms. The summed E-state index contributed by atoms with van der Waals surface area (Å²) >= 11 is 1.42. The standard InChI is InChI=1S/C17H15F3N2O3S2/c1-10-8-16(23)21-14-9-11(6-7-15(14)26-10)27(24,25)22-13-5-3-2-4-12(13)17(18,19)20/h2-7,9-10,22H,8H2,1H3,(H,21,23). The maximum Gasteiger partial charge on any atom is 0.418 e. The molecular formula is C17H15F3N2O3S2. The summed E-state index contributed by atoms with van der Waals surface area (Å²) in [4.78, 5) is 12.3.